The maximum atomic E-state index is 13.1. The van der Waals surface area contributed by atoms with E-state index >= 15 is 0 Å². The zero-order valence-electron chi connectivity index (χ0n) is 18.6. The zero-order chi connectivity index (χ0) is 24.2. The maximum Gasteiger partial charge on any atom is 0.339 e. The summed E-state index contributed by atoms with van der Waals surface area (Å²) in [5.41, 5.74) is 3.47. The molecule has 0 spiro atoms. The molecule has 0 saturated heterocycles. The van der Waals surface area contributed by atoms with Crippen LogP contribution >= 0.6 is 0 Å². The van der Waals surface area contributed by atoms with Gasteiger partial charge in [-0.3, -0.25) is 10.1 Å². The fraction of sp³-hybridized carbons (Fsp3) is 0.154. The van der Waals surface area contributed by atoms with Gasteiger partial charge >= 0.3 is 12.0 Å². The van der Waals surface area contributed by atoms with E-state index in [4.69, 9.17) is 18.6 Å². The molecule has 0 unspecified atom stereocenters. The molecule has 9 nitrogen and oxygen atoms in total. The Morgan fingerprint density at radius 3 is 2.63 bits per heavy atom. The molecule has 176 valence electrons. The standard InChI is InChI=1S/C26H21N3O6/c30-22(29-26(32)27-14-18-6-4-12-34-18)15-35-25(31)23-19-7-1-2-8-21(19)28-24-16(9-10-20(23)24)13-17-5-3-11-33-17/h1-8,11-13H,9-10,14-15H2,(H2,27,29,30,32)/b16-13+. The summed E-state index contributed by atoms with van der Waals surface area (Å²) in [6.45, 7) is -0.484. The molecule has 3 heterocycles. The molecule has 4 aromatic rings. The number of nitrogens with one attached hydrogen (secondary N) is 2. The number of rotatable bonds is 6. The van der Waals surface area contributed by atoms with Gasteiger partial charge < -0.3 is 18.9 Å². The molecule has 3 aromatic heterocycles. The van der Waals surface area contributed by atoms with Crippen LogP contribution in [0.4, 0.5) is 4.79 Å². The Balaban J connectivity index is 1.31. The van der Waals surface area contributed by atoms with Gasteiger partial charge in [-0.15, -0.1) is 0 Å². The number of hydrogen-bond acceptors (Lipinski definition) is 7. The van der Waals surface area contributed by atoms with Gasteiger partial charge in [-0.05, 0) is 60.4 Å². The average molecular weight is 471 g/mol. The number of carbonyl (C=O) groups excluding carboxylic acids is 3. The summed E-state index contributed by atoms with van der Waals surface area (Å²) in [4.78, 5) is 42.0. The van der Waals surface area contributed by atoms with Gasteiger partial charge in [-0.25, -0.2) is 14.6 Å². The van der Waals surface area contributed by atoms with Crippen molar-refractivity contribution in [3.63, 3.8) is 0 Å². The van der Waals surface area contributed by atoms with Crippen LogP contribution in [0.2, 0.25) is 0 Å². The van der Waals surface area contributed by atoms with Gasteiger partial charge in [0.05, 0.1) is 35.8 Å². The van der Waals surface area contributed by atoms with Crippen LogP contribution in [0.25, 0.3) is 22.6 Å². The SMILES string of the molecule is O=C(COC(=O)c1c2c(nc3ccccc13)/C(=C/c1ccco1)CC2)NC(=O)NCc1ccco1. The minimum Gasteiger partial charge on any atom is -0.467 e. The predicted octanol–water partition coefficient (Wildman–Crippen LogP) is 4.09. The van der Waals surface area contributed by atoms with Crippen molar-refractivity contribution in [2.75, 3.05) is 6.61 Å². The highest BCUT2D eigenvalue weighted by atomic mass is 16.5. The lowest BCUT2D eigenvalue weighted by molar-refractivity contribution is -0.123. The largest absolute Gasteiger partial charge is 0.467 e. The summed E-state index contributed by atoms with van der Waals surface area (Å²) < 4.78 is 15.8. The van der Waals surface area contributed by atoms with Gasteiger partial charge in [-0.1, -0.05) is 18.2 Å². The summed E-state index contributed by atoms with van der Waals surface area (Å²) in [6, 6.07) is 13.6. The number of pyridine rings is 1. The number of carbonyl (C=O) groups is 3. The Morgan fingerprint density at radius 2 is 1.83 bits per heavy atom. The van der Waals surface area contributed by atoms with Crippen LogP contribution in [0.1, 0.15) is 39.6 Å². The Labute approximate surface area is 199 Å². The Bertz CT molecular complexity index is 1420. The number of esters is 1. The quantitative estimate of drug-likeness (QED) is 0.406. The maximum absolute atomic E-state index is 13.1. The number of allylic oxidation sites excluding steroid dienone is 1. The molecule has 0 fully saturated rings. The number of amides is 3. The number of aromatic nitrogens is 1. The van der Waals surface area contributed by atoms with Crippen molar-refractivity contribution in [3.8, 4) is 0 Å². The molecule has 9 heteroatoms. The number of fused-ring (bicyclic) bond motifs is 2. The first kappa shape index (κ1) is 22.1. The van der Waals surface area contributed by atoms with Crippen molar-refractivity contribution < 1.29 is 28.0 Å². The highest BCUT2D eigenvalue weighted by molar-refractivity contribution is 6.07. The van der Waals surface area contributed by atoms with E-state index in [2.05, 4.69) is 10.6 Å². The first-order valence-electron chi connectivity index (χ1n) is 11.0. The number of benzene rings is 1. The van der Waals surface area contributed by atoms with Crippen LogP contribution in [0, 0.1) is 0 Å². The van der Waals surface area contributed by atoms with Crippen molar-refractivity contribution >= 4 is 40.5 Å². The average Bonchev–Trinajstić information content (AvgIpc) is 3.63. The smallest absolute Gasteiger partial charge is 0.339 e. The lowest BCUT2D eigenvalue weighted by Gasteiger charge is -2.12. The molecule has 0 radical (unpaired) electrons. The number of ether oxygens (including phenoxy) is 1. The number of urea groups is 1. The van der Waals surface area contributed by atoms with Gasteiger partial charge in [0, 0.05) is 5.39 Å². The first-order valence-corrected chi connectivity index (χ1v) is 11.0. The minimum atomic E-state index is -0.747. The van der Waals surface area contributed by atoms with Crippen molar-refractivity contribution in [2.45, 2.75) is 19.4 Å². The lowest BCUT2D eigenvalue weighted by Crippen LogP contribution is -2.41. The number of furan rings is 2. The monoisotopic (exact) mass is 471 g/mol. The molecule has 5 rings (SSSR count). The van der Waals surface area contributed by atoms with Crippen molar-refractivity contribution in [1.82, 2.24) is 15.6 Å². The number of para-hydroxylation sites is 1. The van der Waals surface area contributed by atoms with Gasteiger partial charge in [0.15, 0.2) is 6.61 Å². The van der Waals surface area contributed by atoms with Crippen LogP contribution in [0.3, 0.4) is 0 Å². The van der Waals surface area contributed by atoms with Crippen LogP contribution < -0.4 is 10.6 Å². The van der Waals surface area contributed by atoms with Crippen LogP contribution in [-0.4, -0.2) is 29.5 Å². The summed E-state index contributed by atoms with van der Waals surface area (Å²) in [5, 5.41) is 5.27. The molecule has 2 N–H and O–H groups in total. The van der Waals surface area contributed by atoms with Gasteiger partial charge in [0.25, 0.3) is 5.91 Å². The fourth-order valence-corrected chi connectivity index (χ4v) is 4.05. The Hall–Kier alpha value is -4.66. The molecule has 0 atom stereocenters. The van der Waals surface area contributed by atoms with Crippen LogP contribution in [-0.2, 0) is 22.5 Å². The molecule has 0 aliphatic heterocycles. The van der Waals surface area contributed by atoms with E-state index in [9.17, 15) is 14.4 Å². The second kappa shape index (κ2) is 9.68. The van der Waals surface area contributed by atoms with E-state index in [1.807, 2.05) is 30.3 Å². The normalized spacial score (nSPS) is 13.5. The second-order valence-corrected chi connectivity index (χ2v) is 7.90. The molecule has 35 heavy (non-hydrogen) atoms. The number of nitrogens with zero attached hydrogens (tertiary/aromatic N) is 1. The molecule has 1 aliphatic carbocycles. The van der Waals surface area contributed by atoms with Crippen molar-refractivity contribution in [1.29, 1.82) is 0 Å². The molecule has 1 aliphatic rings. The van der Waals surface area contributed by atoms with Crippen LogP contribution in [0.5, 0.6) is 0 Å². The zero-order valence-corrected chi connectivity index (χ0v) is 18.6. The van der Waals surface area contributed by atoms with Gasteiger partial charge in [-0.2, -0.15) is 0 Å². The fourth-order valence-electron chi connectivity index (χ4n) is 4.05. The molecule has 3 amide bonds. The third-order valence-electron chi connectivity index (χ3n) is 5.60. The minimum absolute atomic E-state index is 0.120. The summed E-state index contributed by atoms with van der Waals surface area (Å²) in [7, 11) is 0. The Kier molecular flexibility index (Phi) is 6.13. The molecule has 0 saturated carbocycles. The summed E-state index contributed by atoms with van der Waals surface area (Å²) in [6.07, 6.45) is 6.29. The molecule has 0 bridgehead atoms. The predicted molar refractivity (Wildman–Crippen MR) is 126 cm³/mol. The highest BCUT2D eigenvalue weighted by Crippen LogP contribution is 2.37. The van der Waals surface area contributed by atoms with E-state index < -0.39 is 24.5 Å². The number of hydrogen-bond donors (Lipinski definition) is 2. The van der Waals surface area contributed by atoms with Gasteiger partial charge in [0.1, 0.15) is 11.5 Å². The number of imide groups is 1. The van der Waals surface area contributed by atoms with E-state index in [-0.39, 0.29) is 6.54 Å². The second-order valence-electron chi connectivity index (χ2n) is 7.90. The molecule has 1 aromatic carbocycles. The molecular weight excluding hydrogens is 450 g/mol. The summed E-state index contributed by atoms with van der Waals surface area (Å²) >= 11 is 0. The van der Waals surface area contributed by atoms with Crippen LogP contribution in [0.15, 0.2) is 69.9 Å². The van der Waals surface area contributed by atoms with E-state index in [1.165, 1.54) is 6.26 Å². The topological polar surface area (TPSA) is 124 Å². The van der Waals surface area contributed by atoms with Gasteiger partial charge in [0.2, 0.25) is 0 Å². The van der Waals surface area contributed by atoms with Crippen molar-refractivity contribution in [2.24, 2.45) is 0 Å². The van der Waals surface area contributed by atoms with E-state index in [0.717, 1.165) is 11.1 Å². The van der Waals surface area contributed by atoms with Crippen molar-refractivity contribution in [3.05, 3.63) is 89.4 Å². The summed E-state index contributed by atoms with van der Waals surface area (Å²) in [5.74, 6) is -0.152. The van der Waals surface area contributed by atoms with E-state index in [1.54, 1.807) is 30.5 Å². The highest BCUT2D eigenvalue weighted by Gasteiger charge is 2.28. The first-order chi connectivity index (χ1) is 17.1. The third kappa shape index (κ3) is 4.84. The molecular formula is C26H21N3O6. The Morgan fingerprint density at radius 1 is 1.00 bits per heavy atom. The third-order valence-corrected chi connectivity index (χ3v) is 5.60. The van der Waals surface area contributed by atoms with E-state index in [0.29, 0.717) is 46.5 Å². The lowest BCUT2D eigenvalue weighted by atomic mass is 10.0.